The van der Waals surface area contributed by atoms with Gasteiger partial charge in [-0.3, -0.25) is 5.43 Å². The summed E-state index contributed by atoms with van der Waals surface area (Å²) >= 11 is 4.76. The lowest BCUT2D eigenvalue weighted by Crippen LogP contribution is -2.30. The van der Waals surface area contributed by atoms with Gasteiger partial charge in [0.15, 0.2) is 5.11 Å². The molecule has 4 unspecified atom stereocenters. The summed E-state index contributed by atoms with van der Waals surface area (Å²) in [7, 11) is 0. The second-order valence-electron chi connectivity index (χ2n) is 4.79. The van der Waals surface area contributed by atoms with Gasteiger partial charge in [0, 0.05) is 11.6 Å². The fraction of sp³-hybridized carbons (Fsp3) is 0.636. The molecule has 3 aliphatic rings. The summed E-state index contributed by atoms with van der Waals surface area (Å²) in [6.45, 7) is 0. The highest BCUT2D eigenvalue weighted by Gasteiger charge is 2.50. The van der Waals surface area contributed by atoms with Crippen LogP contribution < -0.4 is 11.2 Å². The van der Waals surface area contributed by atoms with E-state index in [-0.39, 0.29) is 5.11 Å². The molecule has 3 nitrogen and oxygen atoms in total. The van der Waals surface area contributed by atoms with Crippen LogP contribution in [0, 0.1) is 23.7 Å². The normalized spacial score (nSPS) is 43.6. The lowest BCUT2D eigenvalue weighted by Gasteiger charge is -2.25. The third-order valence-corrected chi connectivity index (χ3v) is 4.19. The molecule has 0 amide bonds. The van der Waals surface area contributed by atoms with Gasteiger partial charge in [0.1, 0.15) is 0 Å². The highest BCUT2D eigenvalue weighted by molar-refractivity contribution is 7.80. The summed E-state index contributed by atoms with van der Waals surface area (Å²) < 4.78 is 0. The van der Waals surface area contributed by atoms with E-state index in [2.05, 4.69) is 22.7 Å². The lowest BCUT2D eigenvalue weighted by molar-refractivity contribution is 0.356. The predicted octanol–water partition coefficient (Wildman–Crippen LogP) is 1.41. The molecule has 0 aliphatic heterocycles. The molecule has 0 aromatic heterocycles. The highest BCUT2D eigenvalue weighted by atomic mass is 32.1. The number of nitrogens with zero attached hydrogens (tertiary/aromatic N) is 1. The fourth-order valence-electron chi connectivity index (χ4n) is 3.56. The van der Waals surface area contributed by atoms with Crippen LogP contribution in [0.4, 0.5) is 0 Å². The first-order valence-corrected chi connectivity index (χ1v) is 5.95. The molecule has 3 N–H and O–H groups in total. The van der Waals surface area contributed by atoms with E-state index >= 15 is 0 Å². The molecule has 4 heteroatoms. The van der Waals surface area contributed by atoms with E-state index in [0.717, 1.165) is 24.2 Å². The molecular weight excluding hydrogens is 206 g/mol. The van der Waals surface area contributed by atoms with Gasteiger partial charge in [-0.2, -0.15) is 5.10 Å². The van der Waals surface area contributed by atoms with Crippen molar-refractivity contribution in [3.8, 4) is 0 Å². The molecule has 2 saturated carbocycles. The average Bonchev–Trinajstić information content (AvgIpc) is 2.86. The van der Waals surface area contributed by atoms with Crippen LogP contribution in [0.1, 0.15) is 19.3 Å². The number of hydrogen-bond donors (Lipinski definition) is 2. The Hall–Kier alpha value is -0.900. The first-order valence-electron chi connectivity index (χ1n) is 5.54. The zero-order valence-electron chi connectivity index (χ0n) is 8.52. The van der Waals surface area contributed by atoms with Gasteiger partial charge in [-0.25, -0.2) is 0 Å². The Morgan fingerprint density at radius 1 is 1.60 bits per heavy atom. The Labute approximate surface area is 94.8 Å². The van der Waals surface area contributed by atoms with Crippen LogP contribution in [0.3, 0.4) is 0 Å². The van der Waals surface area contributed by atoms with E-state index < -0.39 is 0 Å². The molecule has 80 valence electrons. The number of hydrazone groups is 1. The number of allylic oxidation sites excluding steroid dienone is 2. The van der Waals surface area contributed by atoms with Crippen LogP contribution in [0.15, 0.2) is 17.3 Å². The van der Waals surface area contributed by atoms with E-state index in [9.17, 15) is 0 Å². The van der Waals surface area contributed by atoms with Crippen LogP contribution in [-0.4, -0.2) is 10.8 Å². The first-order chi connectivity index (χ1) is 7.25. The summed E-state index contributed by atoms with van der Waals surface area (Å²) in [5.74, 6) is 3.15. The Morgan fingerprint density at radius 3 is 3.27 bits per heavy atom. The van der Waals surface area contributed by atoms with Crippen molar-refractivity contribution in [2.45, 2.75) is 19.3 Å². The van der Waals surface area contributed by atoms with Crippen molar-refractivity contribution in [3.05, 3.63) is 12.2 Å². The minimum absolute atomic E-state index is 0.267. The van der Waals surface area contributed by atoms with Gasteiger partial charge in [0.05, 0.1) is 0 Å². The first kappa shape index (κ1) is 9.33. The lowest BCUT2D eigenvalue weighted by atomic mass is 9.80. The van der Waals surface area contributed by atoms with Crippen molar-refractivity contribution >= 4 is 23.0 Å². The standard InChI is InChI=1S/C11H15N3S/c12-11(15)14-13-10-5-6-4-9(10)8-3-1-2-7(6)8/h1,3,6-9H,2,4-5H2,(H3,12,14,15)/b13-10+. The van der Waals surface area contributed by atoms with Gasteiger partial charge >= 0.3 is 0 Å². The summed E-state index contributed by atoms with van der Waals surface area (Å²) in [6.07, 6.45) is 8.45. The minimum Gasteiger partial charge on any atom is -0.375 e. The van der Waals surface area contributed by atoms with Crippen molar-refractivity contribution < 1.29 is 0 Å². The Bertz CT molecular complexity index is 361. The van der Waals surface area contributed by atoms with Gasteiger partial charge < -0.3 is 5.73 Å². The third-order valence-electron chi connectivity index (χ3n) is 4.10. The van der Waals surface area contributed by atoms with Gasteiger partial charge in [0.25, 0.3) is 0 Å². The quantitative estimate of drug-likeness (QED) is 0.400. The van der Waals surface area contributed by atoms with Crippen molar-refractivity contribution in [1.82, 2.24) is 5.43 Å². The Balaban J connectivity index is 1.78. The molecule has 0 radical (unpaired) electrons. The monoisotopic (exact) mass is 221 g/mol. The highest BCUT2D eigenvalue weighted by Crippen LogP contribution is 2.55. The van der Waals surface area contributed by atoms with E-state index in [1.165, 1.54) is 18.6 Å². The molecule has 3 rings (SSSR count). The van der Waals surface area contributed by atoms with Gasteiger partial charge in [-0.1, -0.05) is 12.2 Å². The Morgan fingerprint density at radius 2 is 2.47 bits per heavy atom. The average molecular weight is 221 g/mol. The Kier molecular flexibility index (Phi) is 2.06. The van der Waals surface area contributed by atoms with Crippen molar-refractivity contribution in [1.29, 1.82) is 0 Å². The summed E-state index contributed by atoms with van der Waals surface area (Å²) in [5.41, 5.74) is 9.38. The second kappa shape index (κ2) is 3.30. The van der Waals surface area contributed by atoms with Crippen LogP contribution in [0.25, 0.3) is 0 Å². The second-order valence-corrected chi connectivity index (χ2v) is 5.23. The van der Waals surface area contributed by atoms with Gasteiger partial charge in [-0.15, -0.1) is 0 Å². The molecule has 0 saturated heterocycles. The zero-order chi connectivity index (χ0) is 10.4. The number of rotatable bonds is 1. The molecule has 4 atom stereocenters. The molecule has 15 heavy (non-hydrogen) atoms. The molecule has 3 aliphatic carbocycles. The number of nitrogens with one attached hydrogen (secondary N) is 1. The van der Waals surface area contributed by atoms with E-state index in [4.69, 9.17) is 18.0 Å². The van der Waals surface area contributed by atoms with E-state index in [1.807, 2.05) is 0 Å². The molecule has 0 aromatic carbocycles. The SMILES string of the molecule is NC(=S)N/N=C1\CC2CC1C1C=CCC21. The summed E-state index contributed by atoms with van der Waals surface area (Å²) in [4.78, 5) is 0. The molecule has 0 spiro atoms. The number of hydrogen-bond acceptors (Lipinski definition) is 2. The molecule has 2 bridgehead atoms. The molecule has 0 aromatic rings. The number of fused-ring (bicyclic) bond motifs is 5. The van der Waals surface area contributed by atoms with Crippen molar-refractivity contribution in [2.24, 2.45) is 34.5 Å². The topological polar surface area (TPSA) is 50.4 Å². The number of thiocarbonyl (C=S) groups is 1. The molecule has 2 fully saturated rings. The largest absolute Gasteiger partial charge is 0.375 e. The van der Waals surface area contributed by atoms with E-state index in [1.54, 1.807) is 0 Å². The predicted molar refractivity (Wildman–Crippen MR) is 64.3 cm³/mol. The minimum atomic E-state index is 0.267. The summed E-state index contributed by atoms with van der Waals surface area (Å²) in [5, 5.41) is 4.60. The smallest absolute Gasteiger partial charge is 0.184 e. The molecule has 0 heterocycles. The van der Waals surface area contributed by atoms with Crippen LogP contribution in [0.5, 0.6) is 0 Å². The maximum Gasteiger partial charge on any atom is 0.184 e. The maximum absolute atomic E-state index is 5.37. The third kappa shape index (κ3) is 1.39. The van der Waals surface area contributed by atoms with Crippen molar-refractivity contribution in [3.63, 3.8) is 0 Å². The van der Waals surface area contributed by atoms with Crippen molar-refractivity contribution in [2.75, 3.05) is 0 Å². The van der Waals surface area contributed by atoms with Crippen LogP contribution >= 0.6 is 12.2 Å². The summed E-state index contributed by atoms with van der Waals surface area (Å²) in [6, 6.07) is 0. The van der Waals surface area contributed by atoms with Crippen LogP contribution in [0.2, 0.25) is 0 Å². The van der Waals surface area contributed by atoms with Gasteiger partial charge in [-0.05, 0) is 49.2 Å². The van der Waals surface area contributed by atoms with Crippen LogP contribution in [-0.2, 0) is 0 Å². The number of nitrogens with two attached hydrogens (primary N) is 1. The molecular formula is C11H15N3S. The van der Waals surface area contributed by atoms with E-state index in [0.29, 0.717) is 5.92 Å². The maximum atomic E-state index is 5.37. The fourth-order valence-corrected chi connectivity index (χ4v) is 3.60. The zero-order valence-corrected chi connectivity index (χ0v) is 9.33. The van der Waals surface area contributed by atoms with Gasteiger partial charge in [0.2, 0.25) is 0 Å².